The average Bonchev–Trinajstić information content (AvgIpc) is 3.06. The number of nitrogens with zero attached hydrogens (tertiary/aromatic N) is 1. The molecule has 1 aliphatic heterocycles. The fraction of sp³-hybridized carbons (Fsp3) is 0.647. The Bertz CT molecular complexity index is 411. The van der Waals surface area contributed by atoms with Gasteiger partial charge in [0.05, 0.1) is 0 Å². The van der Waals surface area contributed by atoms with Crippen LogP contribution in [0.15, 0.2) is 18.2 Å². The highest BCUT2D eigenvalue weighted by Crippen LogP contribution is 2.29. The van der Waals surface area contributed by atoms with Crippen LogP contribution in [0.3, 0.4) is 0 Å². The lowest BCUT2D eigenvalue weighted by atomic mass is 10.1. The third-order valence-electron chi connectivity index (χ3n) is 4.35. The highest BCUT2D eigenvalue weighted by Gasteiger charge is 2.31. The summed E-state index contributed by atoms with van der Waals surface area (Å²) in [4.78, 5) is 2.71. The number of rotatable bonds is 5. The molecule has 0 bridgehead atoms. The minimum absolute atomic E-state index is 0.728. The Morgan fingerprint density at radius 1 is 1.11 bits per heavy atom. The van der Waals surface area contributed by atoms with E-state index in [4.69, 9.17) is 0 Å². The van der Waals surface area contributed by atoms with Crippen LogP contribution in [0.25, 0.3) is 0 Å². The molecule has 1 saturated heterocycles. The molecule has 1 atom stereocenters. The Morgan fingerprint density at radius 2 is 1.84 bits per heavy atom. The van der Waals surface area contributed by atoms with E-state index < -0.39 is 0 Å². The molecule has 0 aromatic heterocycles. The van der Waals surface area contributed by atoms with Crippen LogP contribution < -0.4 is 5.32 Å². The van der Waals surface area contributed by atoms with E-state index in [1.165, 1.54) is 55.5 Å². The first-order valence-electron chi connectivity index (χ1n) is 7.75. The third-order valence-corrected chi connectivity index (χ3v) is 4.35. The molecular formula is C17H26N2. The number of aryl methyl sites for hydroxylation is 2. The molecule has 1 aromatic rings. The summed E-state index contributed by atoms with van der Waals surface area (Å²) >= 11 is 0. The van der Waals surface area contributed by atoms with E-state index in [-0.39, 0.29) is 0 Å². The SMILES string of the molecule is Cc1cc(C)cc(CN(CC2CCCN2)C2CC2)c1. The van der Waals surface area contributed by atoms with Gasteiger partial charge < -0.3 is 5.32 Å². The van der Waals surface area contributed by atoms with Gasteiger partial charge in [-0.25, -0.2) is 0 Å². The van der Waals surface area contributed by atoms with Crippen molar-refractivity contribution >= 4 is 0 Å². The lowest BCUT2D eigenvalue weighted by Crippen LogP contribution is -2.38. The van der Waals surface area contributed by atoms with Gasteiger partial charge in [-0.1, -0.05) is 29.3 Å². The van der Waals surface area contributed by atoms with Crippen LogP contribution in [0, 0.1) is 13.8 Å². The van der Waals surface area contributed by atoms with Crippen LogP contribution in [-0.4, -0.2) is 30.1 Å². The van der Waals surface area contributed by atoms with E-state index in [9.17, 15) is 0 Å². The molecule has 2 aliphatic rings. The number of hydrogen-bond donors (Lipinski definition) is 1. The van der Waals surface area contributed by atoms with E-state index in [0.29, 0.717) is 0 Å². The van der Waals surface area contributed by atoms with Crippen molar-refractivity contribution in [3.8, 4) is 0 Å². The summed E-state index contributed by atoms with van der Waals surface area (Å²) in [5.41, 5.74) is 4.27. The van der Waals surface area contributed by atoms with Crippen molar-refractivity contribution in [2.24, 2.45) is 0 Å². The van der Waals surface area contributed by atoms with Gasteiger partial charge in [0, 0.05) is 25.2 Å². The first-order chi connectivity index (χ1) is 9.20. The number of hydrogen-bond acceptors (Lipinski definition) is 2. The molecule has 1 N–H and O–H groups in total. The predicted molar refractivity (Wildman–Crippen MR) is 80.4 cm³/mol. The zero-order valence-electron chi connectivity index (χ0n) is 12.3. The van der Waals surface area contributed by atoms with E-state index >= 15 is 0 Å². The summed E-state index contributed by atoms with van der Waals surface area (Å²) in [6.45, 7) is 7.99. The summed E-state index contributed by atoms with van der Waals surface area (Å²) in [7, 11) is 0. The number of nitrogens with one attached hydrogen (secondary N) is 1. The Morgan fingerprint density at radius 3 is 2.42 bits per heavy atom. The van der Waals surface area contributed by atoms with Gasteiger partial charge in [-0.3, -0.25) is 4.90 Å². The van der Waals surface area contributed by atoms with Crippen LogP contribution in [0.4, 0.5) is 0 Å². The van der Waals surface area contributed by atoms with Gasteiger partial charge in [0.2, 0.25) is 0 Å². The highest BCUT2D eigenvalue weighted by molar-refractivity contribution is 5.28. The largest absolute Gasteiger partial charge is 0.313 e. The Labute approximate surface area is 117 Å². The van der Waals surface area contributed by atoms with Crippen molar-refractivity contribution < 1.29 is 0 Å². The standard InChI is InChI=1S/C17H26N2/c1-13-8-14(2)10-15(9-13)11-19(17-5-6-17)12-16-4-3-7-18-16/h8-10,16-18H,3-7,11-12H2,1-2H3. The summed E-state index contributed by atoms with van der Waals surface area (Å²) in [5.74, 6) is 0. The molecule has 19 heavy (non-hydrogen) atoms. The Hall–Kier alpha value is -0.860. The Balaban J connectivity index is 1.66. The zero-order chi connectivity index (χ0) is 13.2. The molecule has 1 saturated carbocycles. The topological polar surface area (TPSA) is 15.3 Å². The van der Waals surface area contributed by atoms with E-state index in [2.05, 4.69) is 42.3 Å². The molecule has 1 unspecified atom stereocenters. The summed E-state index contributed by atoms with van der Waals surface area (Å²) < 4.78 is 0. The summed E-state index contributed by atoms with van der Waals surface area (Å²) in [6, 6.07) is 8.55. The number of benzene rings is 1. The normalized spacial score (nSPS) is 23.2. The van der Waals surface area contributed by atoms with Crippen LogP contribution in [0.5, 0.6) is 0 Å². The molecule has 1 aromatic carbocycles. The zero-order valence-corrected chi connectivity index (χ0v) is 12.3. The molecule has 1 aliphatic carbocycles. The maximum absolute atomic E-state index is 3.64. The monoisotopic (exact) mass is 258 g/mol. The third kappa shape index (κ3) is 3.58. The smallest absolute Gasteiger partial charge is 0.0237 e. The van der Waals surface area contributed by atoms with Crippen molar-refractivity contribution in [1.29, 1.82) is 0 Å². The van der Waals surface area contributed by atoms with E-state index in [1.54, 1.807) is 0 Å². The van der Waals surface area contributed by atoms with E-state index in [0.717, 1.165) is 18.6 Å². The molecule has 0 spiro atoms. The van der Waals surface area contributed by atoms with Gasteiger partial charge in [0.25, 0.3) is 0 Å². The summed E-state index contributed by atoms with van der Waals surface area (Å²) in [5, 5.41) is 3.64. The lowest BCUT2D eigenvalue weighted by Gasteiger charge is -2.26. The van der Waals surface area contributed by atoms with Gasteiger partial charge in [-0.05, 0) is 51.6 Å². The Kier molecular flexibility index (Phi) is 3.90. The minimum atomic E-state index is 0.728. The maximum Gasteiger partial charge on any atom is 0.0237 e. The van der Waals surface area contributed by atoms with E-state index in [1.807, 2.05) is 0 Å². The quantitative estimate of drug-likeness (QED) is 0.873. The van der Waals surface area contributed by atoms with Crippen molar-refractivity contribution in [1.82, 2.24) is 10.2 Å². The minimum Gasteiger partial charge on any atom is -0.313 e. The first-order valence-corrected chi connectivity index (χ1v) is 7.75. The second-order valence-electron chi connectivity index (χ2n) is 6.45. The van der Waals surface area contributed by atoms with Crippen molar-refractivity contribution in [2.75, 3.05) is 13.1 Å². The predicted octanol–water partition coefficient (Wildman–Crippen LogP) is 3.02. The molecule has 3 rings (SSSR count). The van der Waals surface area contributed by atoms with Crippen LogP contribution in [-0.2, 0) is 6.54 Å². The van der Waals surface area contributed by atoms with Crippen LogP contribution in [0.2, 0.25) is 0 Å². The van der Waals surface area contributed by atoms with Gasteiger partial charge >= 0.3 is 0 Å². The van der Waals surface area contributed by atoms with Crippen LogP contribution >= 0.6 is 0 Å². The maximum atomic E-state index is 3.64. The van der Waals surface area contributed by atoms with Crippen molar-refractivity contribution in [2.45, 2.75) is 58.2 Å². The molecule has 0 radical (unpaired) electrons. The van der Waals surface area contributed by atoms with Gasteiger partial charge in [-0.15, -0.1) is 0 Å². The fourth-order valence-electron chi connectivity index (χ4n) is 3.37. The van der Waals surface area contributed by atoms with Gasteiger partial charge in [-0.2, -0.15) is 0 Å². The fourth-order valence-corrected chi connectivity index (χ4v) is 3.37. The molecule has 104 valence electrons. The highest BCUT2D eigenvalue weighted by atomic mass is 15.2. The van der Waals surface area contributed by atoms with Crippen molar-refractivity contribution in [3.63, 3.8) is 0 Å². The molecule has 1 heterocycles. The van der Waals surface area contributed by atoms with Crippen LogP contribution in [0.1, 0.15) is 42.4 Å². The molecule has 2 nitrogen and oxygen atoms in total. The average molecular weight is 258 g/mol. The van der Waals surface area contributed by atoms with Gasteiger partial charge in [0.1, 0.15) is 0 Å². The first kappa shape index (κ1) is 13.1. The molecule has 0 amide bonds. The molecule has 2 fully saturated rings. The summed E-state index contributed by atoms with van der Waals surface area (Å²) in [6.07, 6.45) is 5.51. The second kappa shape index (κ2) is 5.64. The molecular weight excluding hydrogens is 232 g/mol. The molecule has 2 heteroatoms. The van der Waals surface area contributed by atoms with Gasteiger partial charge in [0.15, 0.2) is 0 Å². The lowest BCUT2D eigenvalue weighted by molar-refractivity contribution is 0.231. The second-order valence-corrected chi connectivity index (χ2v) is 6.45. The van der Waals surface area contributed by atoms with Crippen molar-refractivity contribution in [3.05, 3.63) is 34.9 Å².